The summed E-state index contributed by atoms with van der Waals surface area (Å²) in [6, 6.07) is 0.0492. The number of fused-ring (bicyclic) bond motifs is 1. The maximum atomic E-state index is 12.1. The zero-order chi connectivity index (χ0) is 19.9. The van der Waals surface area contributed by atoms with E-state index in [1.165, 1.54) is 6.33 Å². The number of rotatable bonds is 6. The number of hydrogen-bond donors (Lipinski definition) is 3. The maximum absolute atomic E-state index is 12.1. The maximum Gasteiger partial charge on any atom is 0.482 e. The SMILES string of the molecule is Nc1ncnc2c1ncn2C1CC(OCP(=O)(O)OP2(=O)OCC(O)CO2)C1. The van der Waals surface area contributed by atoms with Gasteiger partial charge in [0.1, 0.15) is 24.3 Å². The van der Waals surface area contributed by atoms with Crippen LogP contribution in [0, 0.1) is 0 Å². The third-order valence-corrected chi connectivity index (χ3v) is 7.63. The highest BCUT2D eigenvalue weighted by Crippen LogP contribution is 2.64. The summed E-state index contributed by atoms with van der Waals surface area (Å²) in [5.41, 5.74) is 6.89. The molecule has 13 nitrogen and oxygen atoms in total. The van der Waals surface area contributed by atoms with E-state index in [0.717, 1.165) is 0 Å². The number of aliphatic hydroxyl groups excluding tert-OH is 1. The van der Waals surface area contributed by atoms with Gasteiger partial charge in [-0.15, -0.1) is 0 Å². The summed E-state index contributed by atoms with van der Waals surface area (Å²) in [7, 11) is -8.58. The molecule has 0 amide bonds. The van der Waals surface area contributed by atoms with Crippen LogP contribution in [0.3, 0.4) is 0 Å². The molecule has 2 fully saturated rings. The second kappa shape index (κ2) is 7.43. The van der Waals surface area contributed by atoms with Crippen molar-refractivity contribution in [2.75, 3.05) is 25.3 Å². The minimum Gasteiger partial charge on any atom is -0.388 e. The summed E-state index contributed by atoms with van der Waals surface area (Å²) in [4.78, 5) is 22.1. The summed E-state index contributed by atoms with van der Waals surface area (Å²) < 4.78 is 45.5. The molecule has 3 heterocycles. The van der Waals surface area contributed by atoms with Gasteiger partial charge in [0, 0.05) is 6.04 Å². The molecule has 0 aromatic carbocycles. The van der Waals surface area contributed by atoms with Crippen LogP contribution in [0.15, 0.2) is 12.7 Å². The van der Waals surface area contributed by atoms with E-state index < -0.39 is 27.9 Å². The van der Waals surface area contributed by atoms with Gasteiger partial charge in [-0.1, -0.05) is 0 Å². The Morgan fingerprint density at radius 1 is 1.32 bits per heavy atom. The van der Waals surface area contributed by atoms with Gasteiger partial charge in [-0.2, -0.15) is 0 Å². The number of anilines is 1. The predicted molar refractivity (Wildman–Crippen MR) is 94.2 cm³/mol. The van der Waals surface area contributed by atoms with Gasteiger partial charge < -0.3 is 25.0 Å². The molecule has 0 bridgehead atoms. The molecular formula is C13H19N5O8P2. The molecule has 1 unspecified atom stereocenters. The summed E-state index contributed by atoms with van der Waals surface area (Å²) in [6.45, 7) is -0.620. The van der Waals surface area contributed by atoms with Crippen molar-refractivity contribution in [2.45, 2.75) is 31.1 Å². The fourth-order valence-corrected chi connectivity index (χ4v) is 5.90. The van der Waals surface area contributed by atoms with Crippen molar-refractivity contribution >= 4 is 32.4 Å². The van der Waals surface area contributed by atoms with Crippen LogP contribution < -0.4 is 5.73 Å². The quantitative estimate of drug-likeness (QED) is 0.544. The zero-order valence-electron chi connectivity index (χ0n) is 14.5. The van der Waals surface area contributed by atoms with Crippen LogP contribution in [0.2, 0.25) is 0 Å². The lowest BCUT2D eigenvalue weighted by Gasteiger charge is -2.36. The van der Waals surface area contributed by atoms with E-state index in [-0.39, 0.29) is 25.4 Å². The number of hydrogen-bond acceptors (Lipinski definition) is 11. The predicted octanol–water partition coefficient (Wildman–Crippen LogP) is 0.804. The van der Waals surface area contributed by atoms with Crippen molar-refractivity contribution in [3.63, 3.8) is 0 Å². The average molecular weight is 435 g/mol. The summed E-state index contributed by atoms with van der Waals surface area (Å²) in [6.07, 6.45) is 2.18. The number of nitrogen functional groups attached to an aromatic ring is 1. The highest BCUT2D eigenvalue weighted by molar-refractivity contribution is 7.64. The third-order valence-electron chi connectivity index (χ3n) is 4.40. The van der Waals surface area contributed by atoms with Crippen molar-refractivity contribution < 1.29 is 37.2 Å². The van der Waals surface area contributed by atoms with Crippen LogP contribution in [0.4, 0.5) is 5.82 Å². The molecule has 1 atom stereocenters. The molecule has 1 saturated carbocycles. The molecule has 4 rings (SSSR count). The summed E-state index contributed by atoms with van der Waals surface area (Å²) >= 11 is 0. The Labute approximate surface area is 158 Å². The largest absolute Gasteiger partial charge is 0.482 e. The molecule has 2 aliphatic rings. The van der Waals surface area contributed by atoms with Gasteiger partial charge in [0.05, 0.1) is 25.6 Å². The first-order valence-electron chi connectivity index (χ1n) is 8.40. The van der Waals surface area contributed by atoms with Crippen molar-refractivity contribution in [3.05, 3.63) is 12.7 Å². The lowest BCUT2D eigenvalue weighted by atomic mass is 9.89. The fraction of sp³-hybridized carbons (Fsp3) is 0.615. The van der Waals surface area contributed by atoms with Crippen molar-refractivity contribution in [3.8, 4) is 0 Å². The van der Waals surface area contributed by atoms with Crippen LogP contribution in [0.1, 0.15) is 18.9 Å². The number of phosphoric ester groups is 1. The standard InChI is InChI=1S/C13H19N5O8P2/c14-12-11-13(16-5-15-12)18(6-17-11)8-1-10(2-8)23-7-27(20,21)26-28(22)24-3-9(19)4-25-28/h5-6,8-10,19H,1-4,7H2,(H,20,21)(H2,14,15,16). The van der Waals surface area contributed by atoms with Gasteiger partial charge in [0.15, 0.2) is 11.5 Å². The van der Waals surface area contributed by atoms with E-state index in [1.807, 2.05) is 4.57 Å². The van der Waals surface area contributed by atoms with E-state index in [0.29, 0.717) is 29.8 Å². The summed E-state index contributed by atoms with van der Waals surface area (Å²) in [5.74, 6) is 0.295. The Hall–Kier alpha value is -1.43. The molecule has 154 valence electrons. The van der Waals surface area contributed by atoms with Crippen molar-refractivity contribution in [1.29, 1.82) is 0 Å². The number of phosphoric acid groups is 1. The third kappa shape index (κ3) is 4.12. The molecule has 15 heteroatoms. The van der Waals surface area contributed by atoms with Gasteiger partial charge in [-0.05, 0) is 12.8 Å². The van der Waals surface area contributed by atoms with E-state index in [9.17, 15) is 19.1 Å². The fourth-order valence-electron chi connectivity index (χ4n) is 2.90. The molecule has 1 aliphatic heterocycles. The first kappa shape index (κ1) is 19.9. The van der Waals surface area contributed by atoms with Crippen LogP contribution >= 0.6 is 15.4 Å². The molecular weight excluding hydrogens is 416 g/mol. The van der Waals surface area contributed by atoms with Crippen LogP contribution in [-0.2, 0) is 27.2 Å². The molecule has 2 aromatic heterocycles. The minimum atomic E-state index is -4.38. The topological polar surface area (TPSA) is 181 Å². The van der Waals surface area contributed by atoms with E-state index in [4.69, 9.17) is 19.5 Å². The lowest BCUT2D eigenvalue weighted by Crippen LogP contribution is -2.33. The first-order valence-corrected chi connectivity index (χ1v) is 11.6. The first-order chi connectivity index (χ1) is 13.2. The van der Waals surface area contributed by atoms with E-state index >= 15 is 0 Å². The molecule has 0 radical (unpaired) electrons. The number of nitrogens with zero attached hydrogens (tertiary/aromatic N) is 4. The Kier molecular flexibility index (Phi) is 5.27. The highest BCUT2D eigenvalue weighted by atomic mass is 31.3. The summed E-state index contributed by atoms with van der Waals surface area (Å²) in [5, 5.41) is 9.24. The number of imidazole rings is 1. The van der Waals surface area contributed by atoms with E-state index in [1.54, 1.807) is 6.33 Å². The average Bonchev–Trinajstić information content (AvgIpc) is 3.01. The van der Waals surface area contributed by atoms with Gasteiger partial charge in [-0.25, -0.2) is 23.8 Å². The number of aliphatic hydroxyl groups is 1. The lowest BCUT2D eigenvalue weighted by molar-refractivity contribution is -0.0156. The molecule has 28 heavy (non-hydrogen) atoms. The van der Waals surface area contributed by atoms with Crippen LogP contribution in [0.5, 0.6) is 0 Å². The zero-order valence-corrected chi connectivity index (χ0v) is 16.3. The second-order valence-electron chi connectivity index (χ2n) is 6.54. The normalized spacial score (nSPS) is 32.7. The number of ether oxygens (including phenoxy) is 1. The Balaban J connectivity index is 1.29. The second-order valence-corrected chi connectivity index (χ2v) is 10.1. The van der Waals surface area contributed by atoms with Gasteiger partial charge in [0.25, 0.3) is 0 Å². The molecule has 1 saturated heterocycles. The van der Waals surface area contributed by atoms with E-state index in [2.05, 4.69) is 19.3 Å². The minimum absolute atomic E-state index is 0.0492. The molecule has 0 spiro atoms. The Bertz CT molecular complexity index is 952. The van der Waals surface area contributed by atoms with Gasteiger partial charge in [0.2, 0.25) is 0 Å². The van der Waals surface area contributed by atoms with Crippen LogP contribution in [0.25, 0.3) is 11.2 Å². The van der Waals surface area contributed by atoms with Gasteiger partial charge in [-0.3, -0.25) is 13.6 Å². The highest BCUT2D eigenvalue weighted by Gasteiger charge is 2.42. The smallest absolute Gasteiger partial charge is 0.388 e. The monoisotopic (exact) mass is 435 g/mol. The van der Waals surface area contributed by atoms with Gasteiger partial charge >= 0.3 is 15.4 Å². The number of aromatic nitrogens is 4. The van der Waals surface area contributed by atoms with Crippen molar-refractivity contribution in [2.24, 2.45) is 0 Å². The Morgan fingerprint density at radius 2 is 2.04 bits per heavy atom. The molecule has 4 N–H and O–H groups in total. The number of nitrogens with two attached hydrogens (primary N) is 1. The van der Waals surface area contributed by atoms with Crippen LogP contribution in [-0.4, -0.2) is 61.3 Å². The molecule has 2 aromatic rings. The Morgan fingerprint density at radius 3 is 2.75 bits per heavy atom. The molecule has 1 aliphatic carbocycles. The van der Waals surface area contributed by atoms with Crippen molar-refractivity contribution in [1.82, 2.24) is 19.5 Å².